The molecule has 3 heteroatoms. The van der Waals surface area contributed by atoms with E-state index in [2.05, 4.69) is 30.9 Å². The summed E-state index contributed by atoms with van der Waals surface area (Å²) in [6.45, 7) is 7.29. The molecule has 1 unspecified atom stereocenters. The van der Waals surface area contributed by atoms with E-state index in [1.54, 1.807) is 0 Å². The highest BCUT2D eigenvalue weighted by molar-refractivity contribution is 5.93. The van der Waals surface area contributed by atoms with E-state index in [4.69, 9.17) is 5.73 Å². The van der Waals surface area contributed by atoms with Crippen LogP contribution in [0.15, 0.2) is 18.2 Å². The van der Waals surface area contributed by atoms with Crippen molar-refractivity contribution in [2.24, 2.45) is 17.6 Å². The third-order valence-electron chi connectivity index (χ3n) is 6.60. The van der Waals surface area contributed by atoms with Crippen LogP contribution in [-0.4, -0.2) is 29.9 Å². The Morgan fingerprint density at radius 1 is 1.41 bits per heavy atom. The minimum absolute atomic E-state index is 0.184. The Bertz CT molecular complexity index is 622. The van der Waals surface area contributed by atoms with Crippen LogP contribution in [0.25, 0.3) is 0 Å². The average Bonchev–Trinajstić information content (AvgIpc) is 3.29. The third-order valence-corrected chi connectivity index (χ3v) is 6.60. The lowest BCUT2D eigenvalue weighted by molar-refractivity contribution is 0.0284. The van der Waals surface area contributed by atoms with Crippen molar-refractivity contribution in [2.45, 2.75) is 51.0 Å². The fourth-order valence-electron chi connectivity index (χ4n) is 4.72. The van der Waals surface area contributed by atoms with E-state index in [1.807, 2.05) is 6.07 Å². The lowest BCUT2D eigenvalue weighted by Gasteiger charge is -2.55. The Morgan fingerprint density at radius 2 is 2.18 bits per heavy atom. The molecule has 118 valence electrons. The molecule has 2 bridgehead atoms. The quantitative estimate of drug-likeness (QED) is 0.932. The second-order valence-corrected chi connectivity index (χ2v) is 7.90. The number of benzene rings is 1. The van der Waals surface area contributed by atoms with Gasteiger partial charge in [-0.2, -0.15) is 0 Å². The summed E-state index contributed by atoms with van der Waals surface area (Å²) in [7, 11) is 0. The van der Waals surface area contributed by atoms with Crippen molar-refractivity contribution in [3.05, 3.63) is 34.9 Å². The fourth-order valence-corrected chi connectivity index (χ4v) is 4.72. The van der Waals surface area contributed by atoms with Crippen LogP contribution < -0.4 is 5.73 Å². The van der Waals surface area contributed by atoms with Crippen molar-refractivity contribution >= 4 is 5.91 Å². The van der Waals surface area contributed by atoms with Crippen molar-refractivity contribution < 1.29 is 4.79 Å². The Labute approximate surface area is 132 Å². The SMILES string of the molecule is CC1[C@H]2Cc3ccc(C(N)=O)cc3[C@]1(C)CCN2CC1CC1. The van der Waals surface area contributed by atoms with Crippen LogP contribution in [0.2, 0.25) is 0 Å². The summed E-state index contributed by atoms with van der Waals surface area (Å²) in [4.78, 5) is 14.3. The van der Waals surface area contributed by atoms with Gasteiger partial charge in [0.25, 0.3) is 0 Å². The molecule has 1 saturated heterocycles. The van der Waals surface area contributed by atoms with Crippen molar-refractivity contribution in [2.75, 3.05) is 13.1 Å². The highest BCUT2D eigenvalue weighted by Gasteiger charge is 2.49. The summed E-state index contributed by atoms with van der Waals surface area (Å²) >= 11 is 0. The molecule has 0 aromatic heterocycles. The van der Waals surface area contributed by atoms with Gasteiger partial charge in [-0.3, -0.25) is 9.69 Å². The topological polar surface area (TPSA) is 46.3 Å². The highest BCUT2D eigenvalue weighted by atomic mass is 16.1. The van der Waals surface area contributed by atoms with Gasteiger partial charge in [0.05, 0.1) is 0 Å². The van der Waals surface area contributed by atoms with Gasteiger partial charge in [-0.1, -0.05) is 19.9 Å². The Morgan fingerprint density at radius 3 is 2.86 bits per heavy atom. The smallest absolute Gasteiger partial charge is 0.248 e. The molecule has 2 fully saturated rings. The molecule has 4 rings (SSSR count). The second kappa shape index (κ2) is 4.82. The Hall–Kier alpha value is -1.35. The van der Waals surface area contributed by atoms with Crippen LogP contribution in [0.4, 0.5) is 0 Å². The summed E-state index contributed by atoms with van der Waals surface area (Å²) in [6, 6.07) is 6.78. The molecule has 3 aliphatic rings. The molecule has 3 atom stereocenters. The van der Waals surface area contributed by atoms with Crippen molar-refractivity contribution in [1.82, 2.24) is 4.90 Å². The summed E-state index contributed by atoms with van der Waals surface area (Å²) in [5.41, 5.74) is 9.13. The van der Waals surface area contributed by atoms with Crippen LogP contribution >= 0.6 is 0 Å². The van der Waals surface area contributed by atoms with Gasteiger partial charge in [0.15, 0.2) is 0 Å². The number of carbonyl (C=O) groups excluding carboxylic acids is 1. The maximum atomic E-state index is 11.5. The van der Waals surface area contributed by atoms with Gasteiger partial charge in [0, 0.05) is 18.2 Å². The first-order chi connectivity index (χ1) is 10.5. The number of hydrogen-bond donors (Lipinski definition) is 1. The van der Waals surface area contributed by atoms with E-state index < -0.39 is 0 Å². The number of nitrogens with two attached hydrogens (primary N) is 1. The van der Waals surface area contributed by atoms with Gasteiger partial charge in [0.2, 0.25) is 5.91 Å². The van der Waals surface area contributed by atoms with Crippen LogP contribution in [-0.2, 0) is 11.8 Å². The molecule has 1 amide bonds. The maximum absolute atomic E-state index is 11.5. The molecule has 0 radical (unpaired) electrons. The van der Waals surface area contributed by atoms with Crippen molar-refractivity contribution in [3.63, 3.8) is 0 Å². The van der Waals surface area contributed by atoms with Gasteiger partial charge >= 0.3 is 0 Å². The Balaban J connectivity index is 1.72. The van der Waals surface area contributed by atoms with Crippen molar-refractivity contribution in [1.29, 1.82) is 0 Å². The second-order valence-electron chi connectivity index (χ2n) is 7.90. The van der Waals surface area contributed by atoms with Crippen LogP contribution in [0.5, 0.6) is 0 Å². The molecule has 1 aromatic rings. The van der Waals surface area contributed by atoms with E-state index in [9.17, 15) is 4.79 Å². The lowest BCUT2D eigenvalue weighted by Crippen LogP contribution is -2.58. The predicted octanol–water partition coefficient (Wildman–Crippen LogP) is 2.72. The van der Waals surface area contributed by atoms with Gasteiger partial charge in [-0.15, -0.1) is 0 Å². The van der Waals surface area contributed by atoms with Gasteiger partial charge in [0.1, 0.15) is 0 Å². The molecule has 2 N–H and O–H groups in total. The number of likely N-dealkylation sites (tertiary alicyclic amines) is 1. The number of rotatable bonds is 3. The number of fused-ring (bicyclic) bond motifs is 4. The molecule has 1 aliphatic heterocycles. The molecule has 1 aromatic carbocycles. The standard InChI is InChI=1S/C19H26N2O/c1-12-17-10-14-5-6-15(18(20)22)9-16(14)19(12,2)7-8-21(17)11-13-3-4-13/h5-6,9,12-13,17H,3-4,7-8,10-11H2,1-2H3,(H2,20,22)/t12?,17-,19-/m1/s1. The minimum atomic E-state index is -0.313. The van der Waals surface area contributed by atoms with Crippen LogP contribution in [0.1, 0.15) is 54.6 Å². The molecular weight excluding hydrogens is 272 g/mol. The summed E-state index contributed by atoms with van der Waals surface area (Å²) in [5, 5.41) is 0. The monoisotopic (exact) mass is 298 g/mol. The zero-order valence-corrected chi connectivity index (χ0v) is 13.6. The third kappa shape index (κ3) is 2.10. The number of piperidine rings is 1. The van der Waals surface area contributed by atoms with E-state index >= 15 is 0 Å². The first-order valence-corrected chi connectivity index (χ1v) is 8.66. The maximum Gasteiger partial charge on any atom is 0.248 e. The van der Waals surface area contributed by atoms with E-state index in [0.29, 0.717) is 17.5 Å². The summed E-state index contributed by atoms with van der Waals surface area (Å²) in [6.07, 6.45) is 5.16. The molecule has 0 spiro atoms. The number of nitrogens with zero attached hydrogens (tertiary/aromatic N) is 1. The first kappa shape index (κ1) is 14.3. The lowest BCUT2D eigenvalue weighted by atomic mass is 9.59. The number of primary amides is 1. The average molecular weight is 298 g/mol. The summed E-state index contributed by atoms with van der Waals surface area (Å²) < 4.78 is 0. The predicted molar refractivity (Wildman–Crippen MR) is 87.9 cm³/mol. The number of carbonyl (C=O) groups is 1. The number of hydrogen-bond acceptors (Lipinski definition) is 2. The van der Waals surface area contributed by atoms with Gasteiger partial charge < -0.3 is 5.73 Å². The summed E-state index contributed by atoms with van der Waals surface area (Å²) in [5.74, 6) is 1.28. The molecular formula is C19H26N2O. The zero-order chi connectivity index (χ0) is 15.5. The molecule has 22 heavy (non-hydrogen) atoms. The Kier molecular flexibility index (Phi) is 3.12. The van der Waals surface area contributed by atoms with E-state index in [1.165, 1.54) is 43.5 Å². The largest absolute Gasteiger partial charge is 0.366 e. The van der Waals surface area contributed by atoms with Gasteiger partial charge in [-0.05, 0) is 72.7 Å². The van der Waals surface area contributed by atoms with Crippen molar-refractivity contribution in [3.8, 4) is 0 Å². The van der Waals surface area contributed by atoms with E-state index in [-0.39, 0.29) is 11.3 Å². The number of amides is 1. The molecule has 3 nitrogen and oxygen atoms in total. The molecule has 2 aliphatic carbocycles. The normalized spacial score (nSPS) is 34.3. The van der Waals surface area contributed by atoms with Crippen LogP contribution in [0, 0.1) is 11.8 Å². The molecule has 1 heterocycles. The van der Waals surface area contributed by atoms with E-state index in [0.717, 1.165) is 12.3 Å². The van der Waals surface area contributed by atoms with Gasteiger partial charge in [-0.25, -0.2) is 0 Å². The highest BCUT2D eigenvalue weighted by Crippen LogP contribution is 2.49. The fraction of sp³-hybridized carbons (Fsp3) is 0.632. The first-order valence-electron chi connectivity index (χ1n) is 8.66. The van der Waals surface area contributed by atoms with Crippen LogP contribution in [0.3, 0.4) is 0 Å². The minimum Gasteiger partial charge on any atom is -0.366 e. The molecule has 1 saturated carbocycles. The zero-order valence-electron chi connectivity index (χ0n) is 13.6.